The predicted octanol–water partition coefficient (Wildman–Crippen LogP) is 2.13. The Kier molecular flexibility index (Phi) is 6.74. The molecule has 3 N–H and O–H groups in total. The summed E-state index contributed by atoms with van der Waals surface area (Å²) in [6.45, 7) is 3.29. The molecule has 0 aliphatic heterocycles. The van der Waals surface area contributed by atoms with Crippen LogP contribution in [0, 0.1) is 0 Å². The fourth-order valence-corrected chi connectivity index (χ4v) is 2.22. The monoisotopic (exact) mass is 356 g/mol. The van der Waals surface area contributed by atoms with Gasteiger partial charge in [0.2, 0.25) is 5.91 Å². The molecule has 6 nitrogen and oxygen atoms in total. The van der Waals surface area contributed by atoms with Crippen LogP contribution < -0.4 is 15.4 Å². The lowest BCUT2D eigenvalue weighted by Gasteiger charge is -2.23. The maximum atomic E-state index is 12.0. The molecule has 0 atom stereocenters. The van der Waals surface area contributed by atoms with E-state index in [4.69, 9.17) is 4.74 Å². The normalized spacial score (nSPS) is 10.9. The van der Waals surface area contributed by atoms with Crippen molar-refractivity contribution in [2.75, 3.05) is 18.5 Å². The molecule has 26 heavy (non-hydrogen) atoms. The summed E-state index contributed by atoms with van der Waals surface area (Å²) in [6, 6.07) is 16.1. The molecule has 2 aromatic rings. The van der Waals surface area contributed by atoms with Crippen LogP contribution in [0.15, 0.2) is 54.6 Å². The fourth-order valence-electron chi connectivity index (χ4n) is 2.22. The summed E-state index contributed by atoms with van der Waals surface area (Å²) in [5.41, 5.74) is 0.797. The van der Waals surface area contributed by atoms with Crippen LogP contribution in [-0.4, -0.2) is 35.7 Å². The Bertz CT molecular complexity index is 727. The van der Waals surface area contributed by atoms with E-state index in [1.165, 1.54) is 0 Å². The summed E-state index contributed by atoms with van der Waals surface area (Å²) in [5, 5.41) is 14.7. The molecule has 0 fully saturated rings. The van der Waals surface area contributed by atoms with Crippen LogP contribution in [0.5, 0.6) is 5.75 Å². The Morgan fingerprint density at radius 2 is 1.65 bits per heavy atom. The number of para-hydroxylation sites is 1. The molecule has 6 heteroatoms. The summed E-state index contributed by atoms with van der Waals surface area (Å²) in [4.78, 5) is 23.9. The number of hydrogen-bond donors (Lipinski definition) is 3. The van der Waals surface area contributed by atoms with Gasteiger partial charge < -0.3 is 20.5 Å². The van der Waals surface area contributed by atoms with Crippen molar-refractivity contribution in [3.05, 3.63) is 60.2 Å². The van der Waals surface area contributed by atoms with Gasteiger partial charge in [0.1, 0.15) is 5.75 Å². The second-order valence-electron chi connectivity index (χ2n) is 6.61. The first-order chi connectivity index (χ1) is 12.4. The Labute approximate surface area is 153 Å². The molecule has 0 bridgehead atoms. The number of aliphatic hydroxyl groups is 1. The number of hydrogen-bond acceptors (Lipinski definition) is 4. The molecule has 0 spiro atoms. The number of carbonyl (C=O) groups is 2. The average Bonchev–Trinajstić information content (AvgIpc) is 2.62. The van der Waals surface area contributed by atoms with E-state index >= 15 is 0 Å². The topological polar surface area (TPSA) is 87.7 Å². The van der Waals surface area contributed by atoms with E-state index in [1.807, 2.05) is 18.2 Å². The highest BCUT2D eigenvalue weighted by Gasteiger charge is 2.18. The number of ether oxygens (including phenoxy) is 1. The maximum Gasteiger partial charge on any atom is 0.262 e. The highest BCUT2D eigenvalue weighted by Crippen LogP contribution is 2.12. The highest BCUT2D eigenvalue weighted by molar-refractivity contribution is 5.92. The number of rotatable bonds is 8. The quantitative estimate of drug-likeness (QED) is 0.676. The first-order valence-corrected chi connectivity index (χ1v) is 8.36. The van der Waals surface area contributed by atoms with Crippen molar-refractivity contribution in [1.82, 2.24) is 5.32 Å². The Morgan fingerprint density at radius 3 is 2.27 bits per heavy atom. The van der Waals surface area contributed by atoms with Gasteiger partial charge in [-0.15, -0.1) is 0 Å². The van der Waals surface area contributed by atoms with Gasteiger partial charge in [-0.2, -0.15) is 0 Å². The van der Waals surface area contributed by atoms with Crippen molar-refractivity contribution in [3.63, 3.8) is 0 Å². The molecular formula is C20H24N2O4. The van der Waals surface area contributed by atoms with Crippen molar-refractivity contribution in [2.45, 2.75) is 25.8 Å². The molecule has 138 valence electrons. The summed E-state index contributed by atoms with van der Waals surface area (Å²) < 4.78 is 5.39. The molecule has 0 saturated carbocycles. The van der Waals surface area contributed by atoms with Gasteiger partial charge in [0.05, 0.1) is 18.6 Å². The zero-order chi connectivity index (χ0) is 19.0. The van der Waals surface area contributed by atoms with Crippen LogP contribution in [0.1, 0.15) is 19.4 Å². The van der Waals surface area contributed by atoms with Gasteiger partial charge in [0.25, 0.3) is 5.91 Å². The van der Waals surface area contributed by atoms with E-state index in [2.05, 4.69) is 10.6 Å². The molecule has 0 saturated heterocycles. The van der Waals surface area contributed by atoms with Crippen LogP contribution in [0.3, 0.4) is 0 Å². The third kappa shape index (κ3) is 6.57. The molecular weight excluding hydrogens is 332 g/mol. The van der Waals surface area contributed by atoms with E-state index in [9.17, 15) is 14.7 Å². The standard InChI is InChI=1S/C20H24N2O4/c1-20(2,14-23)22-18(24)12-15-8-10-16(11-9-15)21-19(25)13-26-17-6-4-3-5-7-17/h3-11,23H,12-14H2,1-2H3,(H,21,25)(H,22,24). The summed E-state index contributed by atoms with van der Waals surface area (Å²) in [6.07, 6.45) is 0.203. The molecule has 2 aromatic carbocycles. The van der Waals surface area contributed by atoms with E-state index in [0.29, 0.717) is 11.4 Å². The van der Waals surface area contributed by atoms with E-state index in [1.54, 1.807) is 50.2 Å². The van der Waals surface area contributed by atoms with E-state index < -0.39 is 5.54 Å². The first-order valence-electron chi connectivity index (χ1n) is 8.36. The van der Waals surface area contributed by atoms with Crippen LogP contribution in [0.2, 0.25) is 0 Å². The van der Waals surface area contributed by atoms with Gasteiger partial charge in [0, 0.05) is 5.69 Å². The lowest BCUT2D eigenvalue weighted by Crippen LogP contribution is -2.46. The second-order valence-corrected chi connectivity index (χ2v) is 6.61. The molecule has 2 rings (SSSR count). The molecule has 0 aliphatic carbocycles. The largest absolute Gasteiger partial charge is 0.484 e. The van der Waals surface area contributed by atoms with Crippen molar-refractivity contribution in [3.8, 4) is 5.75 Å². The van der Waals surface area contributed by atoms with Gasteiger partial charge in [0.15, 0.2) is 6.61 Å². The number of benzene rings is 2. The van der Waals surface area contributed by atoms with E-state index in [-0.39, 0.29) is 31.4 Å². The number of carbonyl (C=O) groups excluding carboxylic acids is 2. The number of aliphatic hydroxyl groups excluding tert-OH is 1. The predicted molar refractivity (Wildman–Crippen MR) is 100 cm³/mol. The van der Waals surface area contributed by atoms with Crippen molar-refractivity contribution in [2.24, 2.45) is 0 Å². The van der Waals surface area contributed by atoms with Gasteiger partial charge in [-0.05, 0) is 43.7 Å². The molecule has 0 aromatic heterocycles. The Hall–Kier alpha value is -2.86. The van der Waals surface area contributed by atoms with Crippen LogP contribution in [0.25, 0.3) is 0 Å². The molecule has 0 radical (unpaired) electrons. The third-order valence-electron chi connectivity index (χ3n) is 3.59. The summed E-state index contributed by atoms with van der Waals surface area (Å²) in [5.74, 6) is 0.205. The van der Waals surface area contributed by atoms with Gasteiger partial charge >= 0.3 is 0 Å². The number of amides is 2. The zero-order valence-electron chi connectivity index (χ0n) is 15.0. The van der Waals surface area contributed by atoms with Crippen molar-refractivity contribution < 1.29 is 19.4 Å². The number of nitrogens with one attached hydrogen (secondary N) is 2. The number of anilines is 1. The SMILES string of the molecule is CC(C)(CO)NC(=O)Cc1ccc(NC(=O)COc2ccccc2)cc1. The van der Waals surface area contributed by atoms with Gasteiger partial charge in [-0.3, -0.25) is 9.59 Å². The maximum absolute atomic E-state index is 12.0. The highest BCUT2D eigenvalue weighted by atomic mass is 16.5. The lowest BCUT2D eigenvalue weighted by molar-refractivity contribution is -0.122. The first kappa shape index (κ1) is 19.5. The third-order valence-corrected chi connectivity index (χ3v) is 3.59. The minimum atomic E-state index is -0.649. The zero-order valence-corrected chi connectivity index (χ0v) is 15.0. The van der Waals surface area contributed by atoms with Crippen LogP contribution in [-0.2, 0) is 16.0 Å². The lowest BCUT2D eigenvalue weighted by atomic mass is 10.1. The molecule has 0 heterocycles. The van der Waals surface area contributed by atoms with Crippen LogP contribution >= 0.6 is 0 Å². The minimum absolute atomic E-state index is 0.0790. The van der Waals surface area contributed by atoms with Gasteiger partial charge in [-0.25, -0.2) is 0 Å². The minimum Gasteiger partial charge on any atom is -0.484 e. The van der Waals surface area contributed by atoms with E-state index in [0.717, 1.165) is 5.56 Å². The molecule has 0 unspecified atom stereocenters. The average molecular weight is 356 g/mol. The van der Waals surface area contributed by atoms with Crippen molar-refractivity contribution in [1.29, 1.82) is 0 Å². The van der Waals surface area contributed by atoms with Gasteiger partial charge in [-0.1, -0.05) is 30.3 Å². The Morgan fingerprint density at radius 1 is 1.00 bits per heavy atom. The fraction of sp³-hybridized carbons (Fsp3) is 0.300. The summed E-state index contributed by atoms with van der Waals surface area (Å²) in [7, 11) is 0. The Balaban J connectivity index is 1.81. The summed E-state index contributed by atoms with van der Waals surface area (Å²) >= 11 is 0. The molecule has 2 amide bonds. The van der Waals surface area contributed by atoms with Crippen LogP contribution in [0.4, 0.5) is 5.69 Å². The second kappa shape index (κ2) is 9.01. The molecule has 0 aliphatic rings. The smallest absolute Gasteiger partial charge is 0.262 e. The van der Waals surface area contributed by atoms with Crippen molar-refractivity contribution >= 4 is 17.5 Å².